The van der Waals surface area contributed by atoms with Crippen molar-refractivity contribution in [2.75, 3.05) is 6.61 Å². The number of rotatable bonds is 21. The quantitative estimate of drug-likeness (QED) is 0.110. The molecule has 2 nitrogen and oxygen atoms in total. The highest BCUT2D eigenvalue weighted by molar-refractivity contribution is 5.69. The summed E-state index contributed by atoms with van der Waals surface area (Å²) in [5, 5.41) is 0. The van der Waals surface area contributed by atoms with E-state index < -0.39 is 0 Å². The van der Waals surface area contributed by atoms with Crippen molar-refractivity contribution in [3.05, 3.63) is 12.2 Å². The van der Waals surface area contributed by atoms with Crippen LogP contribution in [0.3, 0.4) is 0 Å². The van der Waals surface area contributed by atoms with E-state index in [0.717, 1.165) is 19.3 Å². The van der Waals surface area contributed by atoms with Gasteiger partial charge in [0.05, 0.1) is 6.61 Å². The van der Waals surface area contributed by atoms with Crippen molar-refractivity contribution >= 4 is 5.97 Å². The highest BCUT2D eigenvalue weighted by Gasteiger charge is 2.09. The normalized spacial score (nSPS) is 12.5. The molecule has 0 aromatic heterocycles. The minimum Gasteiger partial charge on any atom is -0.465 e. The Labute approximate surface area is 176 Å². The number of carbonyl (C=O) groups excluding carboxylic acids is 1. The van der Waals surface area contributed by atoms with Gasteiger partial charge in [-0.15, -0.1) is 0 Å². The zero-order chi connectivity index (χ0) is 20.7. The van der Waals surface area contributed by atoms with Gasteiger partial charge in [-0.1, -0.05) is 104 Å². The van der Waals surface area contributed by atoms with Crippen LogP contribution >= 0.6 is 0 Å². The molecule has 0 radical (unpaired) electrons. The summed E-state index contributed by atoms with van der Waals surface area (Å²) >= 11 is 0. The van der Waals surface area contributed by atoms with Crippen LogP contribution < -0.4 is 0 Å². The molecule has 0 aromatic rings. The fraction of sp³-hybridized carbons (Fsp3) is 0.885. The van der Waals surface area contributed by atoms with Crippen LogP contribution in [0.1, 0.15) is 136 Å². The van der Waals surface area contributed by atoms with Crippen LogP contribution in [0, 0.1) is 5.92 Å². The molecule has 1 atom stereocenters. The summed E-state index contributed by atoms with van der Waals surface area (Å²) in [5.74, 6) is 0.561. The summed E-state index contributed by atoms with van der Waals surface area (Å²) in [6, 6.07) is 0. The Kier molecular flexibility index (Phi) is 21.9. The van der Waals surface area contributed by atoms with Gasteiger partial charge in [0.15, 0.2) is 0 Å². The zero-order valence-corrected chi connectivity index (χ0v) is 19.5. The van der Waals surface area contributed by atoms with Gasteiger partial charge in [0.1, 0.15) is 0 Å². The molecule has 0 amide bonds. The third-order valence-corrected chi connectivity index (χ3v) is 5.67. The molecule has 0 saturated carbocycles. The van der Waals surface area contributed by atoms with Crippen molar-refractivity contribution in [3.63, 3.8) is 0 Å². The number of unbranched alkanes of at least 4 members (excludes halogenated alkanes) is 12. The molecule has 0 spiro atoms. The number of esters is 1. The number of hydrogen-bond acceptors (Lipinski definition) is 2. The second-order valence-corrected chi connectivity index (χ2v) is 8.43. The molecule has 0 aliphatic heterocycles. The van der Waals surface area contributed by atoms with Crippen LogP contribution in [-0.2, 0) is 9.53 Å². The molecular weight excluding hydrogens is 344 g/mol. The van der Waals surface area contributed by atoms with Crippen LogP contribution in [0.15, 0.2) is 12.2 Å². The standard InChI is InChI=1S/C26H50O2/c1-4-7-9-10-11-12-13-14-15-16-17-18-19-20-21-23-26(27)28-24-25(6-3)22-8-5-2/h14-15,25H,4-13,16-24H2,1-3H3/b15-14-. The third-order valence-electron chi connectivity index (χ3n) is 5.67. The third kappa shape index (κ3) is 20.0. The molecule has 1 unspecified atom stereocenters. The average molecular weight is 395 g/mol. The van der Waals surface area contributed by atoms with Crippen LogP contribution in [0.5, 0.6) is 0 Å². The van der Waals surface area contributed by atoms with Gasteiger partial charge in [-0.25, -0.2) is 0 Å². The van der Waals surface area contributed by atoms with Gasteiger partial charge in [-0.2, -0.15) is 0 Å². The van der Waals surface area contributed by atoms with Gasteiger partial charge >= 0.3 is 5.97 Å². The monoisotopic (exact) mass is 394 g/mol. The van der Waals surface area contributed by atoms with Crippen LogP contribution in [0.4, 0.5) is 0 Å². The molecule has 0 fully saturated rings. The summed E-state index contributed by atoms with van der Waals surface area (Å²) in [4.78, 5) is 11.8. The van der Waals surface area contributed by atoms with Gasteiger partial charge < -0.3 is 4.74 Å². The molecular formula is C26H50O2. The maximum absolute atomic E-state index is 11.8. The Morgan fingerprint density at radius 3 is 1.82 bits per heavy atom. The highest BCUT2D eigenvalue weighted by Crippen LogP contribution is 2.14. The number of allylic oxidation sites excluding steroid dienone is 2. The smallest absolute Gasteiger partial charge is 0.305 e. The summed E-state index contributed by atoms with van der Waals surface area (Å²) < 4.78 is 5.46. The Morgan fingerprint density at radius 2 is 1.25 bits per heavy atom. The van der Waals surface area contributed by atoms with Crippen molar-refractivity contribution in [3.8, 4) is 0 Å². The summed E-state index contributed by atoms with van der Waals surface area (Å²) in [5.41, 5.74) is 0. The van der Waals surface area contributed by atoms with Gasteiger partial charge in [0, 0.05) is 6.42 Å². The first-order valence-electron chi connectivity index (χ1n) is 12.5. The predicted molar refractivity (Wildman–Crippen MR) is 124 cm³/mol. The number of carbonyl (C=O) groups is 1. The van der Waals surface area contributed by atoms with Gasteiger partial charge in [0.25, 0.3) is 0 Å². The lowest BCUT2D eigenvalue weighted by molar-refractivity contribution is -0.145. The molecule has 0 aliphatic rings. The summed E-state index contributed by atoms with van der Waals surface area (Å²) in [6.45, 7) is 7.30. The second-order valence-electron chi connectivity index (χ2n) is 8.43. The number of ether oxygens (including phenoxy) is 1. The molecule has 0 aliphatic carbocycles. The van der Waals surface area contributed by atoms with Gasteiger partial charge in [-0.05, 0) is 44.4 Å². The molecule has 0 heterocycles. The van der Waals surface area contributed by atoms with E-state index in [1.54, 1.807) is 0 Å². The molecule has 0 aromatic carbocycles. The second kappa shape index (κ2) is 22.5. The first-order valence-corrected chi connectivity index (χ1v) is 12.5. The first-order chi connectivity index (χ1) is 13.7. The Bertz CT molecular complexity index is 348. The van der Waals surface area contributed by atoms with E-state index in [1.165, 1.54) is 89.9 Å². The molecule has 2 heteroatoms. The van der Waals surface area contributed by atoms with Crippen LogP contribution in [0.25, 0.3) is 0 Å². The molecule has 0 rings (SSSR count). The summed E-state index contributed by atoms with van der Waals surface area (Å²) in [7, 11) is 0. The summed E-state index contributed by atoms with van der Waals surface area (Å²) in [6.07, 6.45) is 26.8. The predicted octanol–water partition coefficient (Wildman–Crippen LogP) is 8.78. The number of hydrogen-bond donors (Lipinski definition) is 0. The Hall–Kier alpha value is -0.790. The van der Waals surface area contributed by atoms with Crippen LogP contribution in [-0.4, -0.2) is 12.6 Å². The van der Waals surface area contributed by atoms with E-state index >= 15 is 0 Å². The van der Waals surface area contributed by atoms with Crippen molar-refractivity contribution in [1.82, 2.24) is 0 Å². The van der Waals surface area contributed by atoms with Crippen molar-refractivity contribution in [1.29, 1.82) is 0 Å². The topological polar surface area (TPSA) is 26.3 Å². The maximum atomic E-state index is 11.8. The Morgan fingerprint density at radius 1 is 0.714 bits per heavy atom. The minimum atomic E-state index is 0.00701. The average Bonchev–Trinajstić information content (AvgIpc) is 2.71. The highest BCUT2D eigenvalue weighted by atomic mass is 16.5. The van der Waals surface area contributed by atoms with E-state index in [0.29, 0.717) is 18.9 Å². The minimum absolute atomic E-state index is 0.00701. The van der Waals surface area contributed by atoms with Gasteiger partial charge in [0.2, 0.25) is 0 Å². The fourth-order valence-electron chi connectivity index (χ4n) is 3.52. The lowest BCUT2D eigenvalue weighted by atomic mass is 10.0. The molecule has 0 bridgehead atoms. The van der Waals surface area contributed by atoms with Crippen molar-refractivity contribution in [2.45, 2.75) is 136 Å². The lowest BCUT2D eigenvalue weighted by Gasteiger charge is -2.14. The lowest BCUT2D eigenvalue weighted by Crippen LogP contribution is -2.13. The SMILES string of the molecule is CCCCCCCC/C=C\CCCCCCCC(=O)OCC(CC)CCCC. The fourth-order valence-corrected chi connectivity index (χ4v) is 3.52. The van der Waals surface area contributed by atoms with E-state index in [1.807, 2.05) is 0 Å². The molecule has 0 saturated heterocycles. The van der Waals surface area contributed by atoms with E-state index in [2.05, 4.69) is 32.9 Å². The van der Waals surface area contributed by atoms with Crippen molar-refractivity contribution < 1.29 is 9.53 Å². The largest absolute Gasteiger partial charge is 0.465 e. The molecule has 28 heavy (non-hydrogen) atoms. The zero-order valence-electron chi connectivity index (χ0n) is 19.5. The maximum Gasteiger partial charge on any atom is 0.305 e. The van der Waals surface area contributed by atoms with Crippen molar-refractivity contribution in [2.24, 2.45) is 5.92 Å². The van der Waals surface area contributed by atoms with E-state index in [9.17, 15) is 4.79 Å². The molecule has 166 valence electrons. The van der Waals surface area contributed by atoms with Crippen LogP contribution in [0.2, 0.25) is 0 Å². The Balaban J connectivity index is 3.35. The van der Waals surface area contributed by atoms with Gasteiger partial charge in [-0.3, -0.25) is 4.79 Å². The van der Waals surface area contributed by atoms with E-state index in [4.69, 9.17) is 4.74 Å². The van der Waals surface area contributed by atoms with E-state index in [-0.39, 0.29) is 5.97 Å². The first kappa shape index (κ1) is 27.2. The molecule has 0 N–H and O–H groups in total.